The summed E-state index contributed by atoms with van der Waals surface area (Å²) in [6.45, 7) is 2.34. The molecule has 0 amide bonds. The van der Waals surface area contributed by atoms with Crippen molar-refractivity contribution in [3.8, 4) is 0 Å². The van der Waals surface area contributed by atoms with Gasteiger partial charge in [0.25, 0.3) is 0 Å². The van der Waals surface area contributed by atoms with Gasteiger partial charge in [-0.1, -0.05) is 23.2 Å². The van der Waals surface area contributed by atoms with Crippen molar-refractivity contribution in [2.75, 3.05) is 12.3 Å². The second kappa shape index (κ2) is 6.14. The van der Waals surface area contributed by atoms with E-state index in [0.29, 0.717) is 28.9 Å². The maximum atomic E-state index is 13.0. The molecule has 3 aromatic rings. The summed E-state index contributed by atoms with van der Waals surface area (Å²) in [5.74, 6) is 0. The van der Waals surface area contributed by atoms with Crippen LogP contribution in [0, 0.1) is 0 Å². The highest BCUT2D eigenvalue weighted by atomic mass is 35.5. The van der Waals surface area contributed by atoms with Crippen LogP contribution in [0.1, 0.15) is 29.8 Å². The highest BCUT2D eigenvalue weighted by Gasteiger charge is 2.32. The zero-order valence-corrected chi connectivity index (χ0v) is 15.5. The number of hydrogen-bond acceptors (Lipinski definition) is 3. The number of rotatable bonds is 1. The van der Waals surface area contributed by atoms with Crippen molar-refractivity contribution in [1.29, 1.82) is 0 Å². The van der Waals surface area contributed by atoms with Crippen molar-refractivity contribution in [3.05, 3.63) is 57.2 Å². The second-order valence-corrected chi connectivity index (χ2v) is 7.23. The summed E-state index contributed by atoms with van der Waals surface area (Å²) in [4.78, 5) is 4.60. The molecular formula is C18H13Cl2F3N4. The Morgan fingerprint density at radius 1 is 1.15 bits per heavy atom. The highest BCUT2D eigenvalue weighted by molar-refractivity contribution is 6.39. The molecule has 2 heterocycles. The van der Waals surface area contributed by atoms with Crippen LogP contribution in [-0.2, 0) is 6.18 Å². The quantitative estimate of drug-likeness (QED) is 0.547. The van der Waals surface area contributed by atoms with Gasteiger partial charge in [-0.3, -0.25) is 9.67 Å². The first-order valence-electron chi connectivity index (χ1n) is 8.06. The van der Waals surface area contributed by atoms with E-state index in [1.165, 1.54) is 6.07 Å². The zero-order valence-electron chi connectivity index (χ0n) is 14.0. The van der Waals surface area contributed by atoms with Crippen molar-refractivity contribution in [3.63, 3.8) is 0 Å². The Morgan fingerprint density at radius 2 is 1.81 bits per heavy atom. The van der Waals surface area contributed by atoms with Crippen molar-refractivity contribution >= 4 is 45.5 Å². The number of hydrogen-bond donors (Lipinski definition) is 1. The van der Waals surface area contributed by atoms with Crippen LogP contribution in [0.5, 0.6) is 0 Å². The fourth-order valence-corrected chi connectivity index (χ4v) is 3.65. The number of aromatic nitrogens is 2. The molecule has 2 N–H and O–H groups in total. The summed E-state index contributed by atoms with van der Waals surface area (Å²) in [5.41, 5.74) is 7.41. The summed E-state index contributed by atoms with van der Waals surface area (Å²) >= 11 is 12.3. The molecule has 2 aromatic carbocycles. The Morgan fingerprint density at radius 3 is 2.44 bits per heavy atom. The van der Waals surface area contributed by atoms with Crippen LogP contribution in [0.4, 0.5) is 18.9 Å². The van der Waals surface area contributed by atoms with E-state index in [0.717, 1.165) is 12.1 Å². The third-order valence-electron chi connectivity index (χ3n) is 4.53. The maximum Gasteiger partial charge on any atom is 0.416 e. The smallest absolute Gasteiger partial charge is 0.396 e. The minimum atomic E-state index is -4.43. The van der Waals surface area contributed by atoms with E-state index in [9.17, 15) is 13.2 Å². The summed E-state index contributed by atoms with van der Waals surface area (Å²) in [7, 11) is 0. The molecule has 0 fully saturated rings. The lowest BCUT2D eigenvalue weighted by molar-refractivity contribution is -0.137. The molecule has 4 rings (SSSR count). The molecule has 0 aliphatic carbocycles. The van der Waals surface area contributed by atoms with Crippen LogP contribution < -0.4 is 5.73 Å². The van der Waals surface area contributed by atoms with Gasteiger partial charge < -0.3 is 5.73 Å². The summed E-state index contributed by atoms with van der Waals surface area (Å²) in [6.07, 6.45) is -4.43. The molecule has 0 radical (unpaired) electrons. The average Bonchev–Trinajstić information content (AvgIpc) is 2.98. The van der Waals surface area contributed by atoms with Crippen LogP contribution in [0.25, 0.3) is 10.9 Å². The first-order chi connectivity index (χ1) is 12.7. The number of benzene rings is 2. The zero-order chi connectivity index (χ0) is 19.5. The van der Waals surface area contributed by atoms with Gasteiger partial charge in [0.15, 0.2) is 0 Å². The van der Waals surface area contributed by atoms with Crippen molar-refractivity contribution in [2.24, 2.45) is 4.99 Å². The lowest BCUT2D eigenvalue weighted by atomic mass is 10.0. The monoisotopic (exact) mass is 412 g/mol. The fraction of sp³-hybridized carbons (Fsp3) is 0.222. The number of alkyl halides is 3. The van der Waals surface area contributed by atoms with Gasteiger partial charge in [0, 0.05) is 10.9 Å². The molecular weight excluding hydrogens is 400 g/mol. The predicted octanol–water partition coefficient (Wildman–Crippen LogP) is 5.36. The van der Waals surface area contributed by atoms with Gasteiger partial charge >= 0.3 is 6.18 Å². The Bertz CT molecular complexity index is 1080. The van der Waals surface area contributed by atoms with Gasteiger partial charge in [-0.05, 0) is 37.3 Å². The molecule has 9 heteroatoms. The molecule has 1 aliphatic heterocycles. The van der Waals surface area contributed by atoms with Crippen LogP contribution in [0.2, 0.25) is 10.0 Å². The molecule has 4 nitrogen and oxygen atoms in total. The van der Waals surface area contributed by atoms with Gasteiger partial charge in [0.1, 0.15) is 0 Å². The summed E-state index contributed by atoms with van der Waals surface area (Å²) < 4.78 is 40.8. The van der Waals surface area contributed by atoms with Crippen LogP contribution >= 0.6 is 23.2 Å². The fourth-order valence-electron chi connectivity index (χ4n) is 3.16. The lowest BCUT2D eigenvalue weighted by Gasteiger charge is -2.21. The highest BCUT2D eigenvalue weighted by Crippen LogP contribution is 2.36. The van der Waals surface area contributed by atoms with E-state index in [1.54, 1.807) is 16.8 Å². The molecule has 1 aliphatic rings. The SMILES string of the molecule is CC1CN=C(c2cc(Cl)c(N)c(Cl)c2)c2c3ccc(C(F)(F)F)cc3nn21. The molecule has 0 spiro atoms. The molecule has 1 aromatic heterocycles. The summed E-state index contributed by atoms with van der Waals surface area (Å²) in [6, 6.07) is 6.71. The largest absolute Gasteiger partial charge is 0.416 e. The number of anilines is 1. The lowest BCUT2D eigenvalue weighted by Crippen LogP contribution is -2.23. The molecule has 140 valence electrons. The van der Waals surface area contributed by atoms with E-state index in [4.69, 9.17) is 28.9 Å². The predicted molar refractivity (Wildman–Crippen MR) is 101 cm³/mol. The third kappa shape index (κ3) is 2.95. The van der Waals surface area contributed by atoms with Gasteiger partial charge in [0.2, 0.25) is 0 Å². The normalized spacial score (nSPS) is 17.1. The van der Waals surface area contributed by atoms with E-state index < -0.39 is 11.7 Å². The van der Waals surface area contributed by atoms with E-state index >= 15 is 0 Å². The Hall–Kier alpha value is -2.25. The topological polar surface area (TPSA) is 56.2 Å². The minimum Gasteiger partial charge on any atom is -0.396 e. The number of nitrogens with zero attached hydrogens (tertiary/aromatic N) is 3. The Balaban J connectivity index is 1.94. The number of nitrogens with two attached hydrogens (primary N) is 1. The summed E-state index contributed by atoms with van der Waals surface area (Å²) in [5, 5.41) is 5.54. The van der Waals surface area contributed by atoms with E-state index in [-0.39, 0.29) is 27.3 Å². The first kappa shape index (κ1) is 18.1. The molecule has 1 atom stereocenters. The van der Waals surface area contributed by atoms with Gasteiger partial charge in [-0.2, -0.15) is 18.3 Å². The van der Waals surface area contributed by atoms with Crippen LogP contribution in [0.3, 0.4) is 0 Å². The third-order valence-corrected chi connectivity index (χ3v) is 5.16. The van der Waals surface area contributed by atoms with Crippen molar-refractivity contribution in [1.82, 2.24) is 9.78 Å². The van der Waals surface area contributed by atoms with E-state index in [2.05, 4.69) is 10.1 Å². The number of halogens is 5. The van der Waals surface area contributed by atoms with Crippen LogP contribution in [0.15, 0.2) is 35.3 Å². The Labute approximate surface area is 162 Å². The molecule has 1 unspecified atom stereocenters. The maximum absolute atomic E-state index is 13.0. The van der Waals surface area contributed by atoms with Gasteiger partial charge in [0.05, 0.1) is 50.8 Å². The molecule has 0 bridgehead atoms. The van der Waals surface area contributed by atoms with Gasteiger partial charge in [-0.15, -0.1) is 0 Å². The van der Waals surface area contributed by atoms with Gasteiger partial charge in [-0.25, -0.2) is 0 Å². The number of nitrogen functional groups attached to an aromatic ring is 1. The van der Waals surface area contributed by atoms with E-state index in [1.807, 2.05) is 6.92 Å². The second-order valence-electron chi connectivity index (χ2n) is 6.41. The molecule has 0 saturated heterocycles. The minimum absolute atomic E-state index is 0.0924. The number of aliphatic imine (C=N–C) groups is 1. The molecule has 27 heavy (non-hydrogen) atoms. The van der Waals surface area contributed by atoms with Crippen molar-refractivity contribution < 1.29 is 13.2 Å². The standard InChI is InChI=1S/C18H13Cl2F3N4/c1-8-7-25-16(9-4-12(19)15(24)13(20)5-9)17-11-3-2-10(18(21,22)23)6-14(11)26-27(8)17/h2-6,8H,7,24H2,1H3. The first-order valence-corrected chi connectivity index (χ1v) is 8.81. The average molecular weight is 413 g/mol. The Kier molecular flexibility index (Phi) is 4.12. The number of fused-ring (bicyclic) bond motifs is 3. The molecule has 0 saturated carbocycles. The van der Waals surface area contributed by atoms with Crippen LogP contribution in [-0.4, -0.2) is 22.0 Å². The van der Waals surface area contributed by atoms with Crippen molar-refractivity contribution in [2.45, 2.75) is 19.1 Å².